The van der Waals surface area contributed by atoms with Crippen LogP contribution in [0.2, 0.25) is 0 Å². The molecule has 0 bridgehead atoms. The van der Waals surface area contributed by atoms with Gasteiger partial charge in [0.05, 0.1) is 5.70 Å². The van der Waals surface area contributed by atoms with E-state index in [9.17, 15) is 4.79 Å². The fourth-order valence-electron chi connectivity index (χ4n) is 2.94. The van der Waals surface area contributed by atoms with E-state index in [0.717, 1.165) is 29.9 Å². The fourth-order valence-corrected chi connectivity index (χ4v) is 2.94. The third-order valence-electron chi connectivity index (χ3n) is 4.32. The van der Waals surface area contributed by atoms with Crippen molar-refractivity contribution >= 4 is 17.3 Å². The lowest BCUT2D eigenvalue weighted by Crippen LogP contribution is -2.32. The van der Waals surface area contributed by atoms with E-state index in [1.807, 2.05) is 6.92 Å². The Morgan fingerprint density at radius 1 is 1.28 bits per heavy atom. The third-order valence-corrected chi connectivity index (χ3v) is 4.32. The molecule has 1 aliphatic rings. The van der Waals surface area contributed by atoms with Crippen LogP contribution in [-0.2, 0) is 11.2 Å². The van der Waals surface area contributed by atoms with E-state index in [1.165, 1.54) is 11.3 Å². The number of fused-ring (bicyclic) bond motifs is 1. The Hall–Kier alpha value is -2.36. The summed E-state index contributed by atoms with van der Waals surface area (Å²) in [6, 6.07) is 8.42. The van der Waals surface area contributed by atoms with Gasteiger partial charge in [-0.05, 0) is 50.3 Å². The number of anilines is 1. The van der Waals surface area contributed by atoms with Crippen molar-refractivity contribution in [2.75, 3.05) is 18.0 Å². The Morgan fingerprint density at radius 2 is 1.96 bits per heavy atom. The number of amides is 1. The van der Waals surface area contributed by atoms with Gasteiger partial charge in [-0.1, -0.05) is 38.6 Å². The normalized spacial score (nSPS) is 15.1. The Morgan fingerprint density at radius 3 is 2.60 bits per heavy atom. The first-order valence-electron chi connectivity index (χ1n) is 8.87. The number of benzene rings is 1. The summed E-state index contributed by atoms with van der Waals surface area (Å²) in [5, 5.41) is 2.91. The van der Waals surface area contributed by atoms with Crippen LogP contribution in [0.3, 0.4) is 0 Å². The van der Waals surface area contributed by atoms with Crippen molar-refractivity contribution in [1.82, 2.24) is 5.32 Å². The van der Waals surface area contributed by atoms with E-state index in [4.69, 9.17) is 0 Å². The van der Waals surface area contributed by atoms with Gasteiger partial charge >= 0.3 is 0 Å². The number of hydrogen-bond donors (Lipinski definition) is 1. The zero-order valence-corrected chi connectivity index (χ0v) is 16.0. The van der Waals surface area contributed by atoms with Crippen LogP contribution in [0.15, 0.2) is 52.8 Å². The van der Waals surface area contributed by atoms with E-state index in [2.05, 4.69) is 66.8 Å². The van der Waals surface area contributed by atoms with Gasteiger partial charge in [0.1, 0.15) is 5.71 Å². The minimum atomic E-state index is -0.123. The van der Waals surface area contributed by atoms with Crippen LogP contribution in [0.25, 0.3) is 0 Å². The number of carbonyl (C=O) groups excluding carboxylic acids is 1. The predicted octanol–water partition coefficient (Wildman–Crippen LogP) is 4.09. The molecule has 1 heterocycles. The van der Waals surface area contributed by atoms with Gasteiger partial charge < -0.3 is 10.2 Å². The van der Waals surface area contributed by atoms with Crippen LogP contribution in [0.1, 0.15) is 40.2 Å². The van der Waals surface area contributed by atoms with Gasteiger partial charge in [-0.25, -0.2) is 4.99 Å². The van der Waals surface area contributed by atoms with Gasteiger partial charge in [-0.2, -0.15) is 0 Å². The largest absolute Gasteiger partial charge is 0.351 e. The smallest absolute Gasteiger partial charge is 0.265 e. The van der Waals surface area contributed by atoms with Crippen LogP contribution in [-0.4, -0.2) is 24.7 Å². The number of carbonyl (C=O) groups is 1. The summed E-state index contributed by atoms with van der Waals surface area (Å²) >= 11 is 0. The van der Waals surface area contributed by atoms with E-state index < -0.39 is 0 Å². The molecular formula is C21H29N3O. The quantitative estimate of drug-likeness (QED) is 0.627. The zero-order valence-electron chi connectivity index (χ0n) is 16.0. The summed E-state index contributed by atoms with van der Waals surface area (Å²) < 4.78 is 0. The Bertz CT molecular complexity index is 728. The minimum Gasteiger partial charge on any atom is -0.351 e. The lowest BCUT2D eigenvalue weighted by molar-refractivity contribution is -0.115. The summed E-state index contributed by atoms with van der Waals surface area (Å²) in [6.07, 6.45) is 1.02. The standard InChI is InChI=1S/C21H29N3O/c1-14(2)13-22-21(25)16(5)23-20(15(3)4)17(6)24-12-11-18-9-7-8-10-19(18)24/h7-10,14H,3,11-13H2,1-2,4-6H3,(H,22,25)/b20-17-,23-16?. The highest BCUT2D eigenvalue weighted by atomic mass is 16.1. The van der Waals surface area contributed by atoms with E-state index in [-0.39, 0.29) is 5.91 Å². The van der Waals surface area contributed by atoms with Gasteiger partial charge in [0.15, 0.2) is 0 Å². The van der Waals surface area contributed by atoms with Gasteiger partial charge in [0, 0.05) is 24.5 Å². The Kier molecular flexibility index (Phi) is 6.18. The molecule has 0 atom stereocenters. The molecule has 1 amide bonds. The minimum absolute atomic E-state index is 0.123. The van der Waals surface area contributed by atoms with E-state index in [0.29, 0.717) is 18.2 Å². The number of aliphatic imine (C=N–C) groups is 1. The van der Waals surface area contributed by atoms with Gasteiger partial charge in [0.25, 0.3) is 5.91 Å². The maximum atomic E-state index is 12.2. The predicted molar refractivity (Wildman–Crippen MR) is 106 cm³/mol. The molecule has 0 spiro atoms. The summed E-state index contributed by atoms with van der Waals surface area (Å²) in [5.74, 6) is 0.290. The first kappa shape index (κ1) is 19.0. The number of allylic oxidation sites excluding steroid dienone is 2. The fraction of sp³-hybridized carbons (Fsp3) is 0.429. The average Bonchev–Trinajstić information content (AvgIpc) is 3.00. The van der Waals surface area contributed by atoms with Gasteiger partial charge in [-0.3, -0.25) is 4.79 Å². The monoisotopic (exact) mass is 339 g/mol. The molecule has 0 radical (unpaired) electrons. The summed E-state index contributed by atoms with van der Waals surface area (Å²) in [4.78, 5) is 19.1. The van der Waals surface area contributed by atoms with Crippen LogP contribution in [0, 0.1) is 5.92 Å². The molecule has 1 N–H and O–H groups in total. The zero-order chi connectivity index (χ0) is 18.6. The highest BCUT2D eigenvalue weighted by Crippen LogP contribution is 2.32. The lowest BCUT2D eigenvalue weighted by atomic mass is 10.1. The number of nitrogens with one attached hydrogen (secondary N) is 1. The van der Waals surface area contributed by atoms with Crippen LogP contribution < -0.4 is 10.2 Å². The average molecular weight is 339 g/mol. The molecule has 2 rings (SSSR count). The molecule has 0 saturated heterocycles. The summed E-state index contributed by atoms with van der Waals surface area (Å²) in [5.41, 5.74) is 5.71. The maximum absolute atomic E-state index is 12.2. The second-order valence-electron chi connectivity index (χ2n) is 7.05. The van der Waals surface area contributed by atoms with Crippen molar-refractivity contribution in [1.29, 1.82) is 0 Å². The molecule has 0 aliphatic carbocycles. The highest BCUT2D eigenvalue weighted by molar-refractivity contribution is 6.38. The van der Waals surface area contributed by atoms with Crippen molar-refractivity contribution in [3.8, 4) is 0 Å². The number of para-hydroxylation sites is 1. The molecule has 134 valence electrons. The second-order valence-corrected chi connectivity index (χ2v) is 7.05. The van der Waals surface area contributed by atoms with Crippen molar-refractivity contribution in [2.24, 2.45) is 10.9 Å². The van der Waals surface area contributed by atoms with Crippen molar-refractivity contribution in [3.63, 3.8) is 0 Å². The SMILES string of the molecule is C=C(C)/C(N=C(C)C(=O)NCC(C)C)=C(\C)N1CCc2ccccc21. The molecule has 4 nitrogen and oxygen atoms in total. The molecule has 0 saturated carbocycles. The maximum Gasteiger partial charge on any atom is 0.265 e. The van der Waals surface area contributed by atoms with Gasteiger partial charge in [-0.15, -0.1) is 0 Å². The first-order valence-corrected chi connectivity index (χ1v) is 8.87. The molecule has 0 aromatic heterocycles. The summed E-state index contributed by atoms with van der Waals surface area (Å²) in [7, 11) is 0. The lowest BCUT2D eigenvalue weighted by Gasteiger charge is -2.22. The van der Waals surface area contributed by atoms with Crippen LogP contribution in [0.4, 0.5) is 5.69 Å². The summed E-state index contributed by atoms with van der Waals surface area (Å²) in [6.45, 7) is 15.5. The van der Waals surface area contributed by atoms with Crippen LogP contribution in [0.5, 0.6) is 0 Å². The second kappa shape index (κ2) is 8.15. The third kappa shape index (κ3) is 4.59. The van der Waals surface area contributed by atoms with Crippen molar-refractivity contribution < 1.29 is 4.79 Å². The molecule has 1 aliphatic heterocycles. The number of hydrogen-bond acceptors (Lipinski definition) is 3. The van der Waals surface area contributed by atoms with E-state index in [1.54, 1.807) is 6.92 Å². The van der Waals surface area contributed by atoms with Crippen molar-refractivity contribution in [2.45, 2.75) is 41.0 Å². The topological polar surface area (TPSA) is 44.7 Å². The van der Waals surface area contributed by atoms with Gasteiger partial charge in [0.2, 0.25) is 0 Å². The molecular weight excluding hydrogens is 310 g/mol. The molecule has 0 unspecified atom stereocenters. The molecule has 25 heavy (non-hydrogen) atoms. The Balaban J connectivity index is 2.31. The first-order chi connectivity index (χ1) is 11.8. The van der Waals surface area contributed by atoms with E-state index >= 15 is 0 Å². The molecule has 0 fully saturated rings. The Labute approximate surface area is 151 Å². The van der Waals surface area contributed by atoms with Crippen molar-refractivity contribution in [3.05, 3.63) is 53.4 Å². The number of rotatable bonds is 6. The molecule has 4 heteroatoms. The highest BCUT2D eigenvalue weighted by Gasteiger charge is 2.22. The molecule has 1 aromatic rings. The molecule has 1 aromatic carbocycles. The van der Waals surface area contributed by atoms with Crippen LogP contribution >= 0.6 is 0 Å². The number of nitrogens with zero attached hydrogens (tertiary/aromatic N) is 2.